The first-order valence-electron chi connectivity index (χ1n) is 8.96. The van der Waals surface area contributed by atoms with E-state index in [0.717, 1.165) is 50.0 Å². The van der Waals surface area contributed by atoms with Crippen LogP contribution in [0.4, 0.5) is 0 Å². The highest BCUT2D eigenvalue weighted by molar-refractivity contribution is 7.08. The van der Waals surface area contributed by atoms with Crippen molar-refractivity contribution in [1.29, 1.82) is 0 Å². The molecule has 0 spiro atoms. The van der Waals surface area contributed by atoms with Gasteiger partial charge in [-0.25, -0.2) is 4.98 Å². The van der Waals surface area contributed by atoms with Gasteiger partial charge >= 0.3 is 0 Å². The van der Waals surface area contributed by atoms with E-state index in [1.54, 1.807) is 34.6 Å². The van der Waals surface area contributed by atoms with Gasteiger partial charge in [0, 0.05) is 36.0 Å². The zero-order chi connectivity index (χ0) is 19.4. The van der Waals surface area contributed by atoms with Crippen molar-refractivity contribution in [2.24, 2.45) is 7.05 Å². The van der Waals surface area contributed by atoms with Crippen LogP contribution in [0.5, 0.6) is 0 Å². The standard InChI is InChI=1S/C20H14N8S/c1-28-9-12(5-23-28)15-4-13-16(8-22-15)26-27-19(13)20-24-17-7-21-6-14(18(17)25-20)11-2-3-29-10-11/h2-10H,1H3,(H,24,25)(H,26,27). The molecule has 0 aliphatic carbocycles. The molecule has 8 nitrogen and oxygen atoms in total. The van der Waals surface area contributed by atoms with Crippen molar-refractivity contribution in [3.05, 3.63) is 53.9 Å². The van der Waals surface area contributed by atoms with Gasteiger partial charge in [-0.1, -0.05) is 0 Å². The SMILES string of the molecule is Cn1cc(-c2cc3c(-c4nc5c(-c6ccsc6)cncc5[nH]4)n[nH]c3cn2)cn1. The largest absolute Gasteiger partial charge is 0.335 e. The Morgan fingerprint density at radius 2 is 2.03 bits per heavy atom. The Balaban J connectivity index is 1.53. The monoisotopic (exact) mass is 398 g/mol. The first-order valence-corrected chi connectivity index (χ1v) is 9.90. The molecule has 6 aromatic rings. The summed E-state index contributed by atoms with van der Waals surface area (Å²) in [5.74, 6) is 0.694. The van der Waals surface area contributed by atoms with Gasteiger partial charge in [0.25, 0.3) is 0 Å². The number of pyridine rings is 2. The maximum absolute atomic E-state index is 4.86. The third-order valence-corrected chi connectivity index (χ3v) is 5.58. The van der Waals surface area contributed by atoms with Gasteiger partial charge in [0.15, 0.2) is 5.82 Å². The maximum Gasteiger partial charge on any atom is 0.159 e. The number of hydrogen-bond donors (Lipinski definition) is 2. The number of hydrogen-bond acceptors (Lipinski definition) is 6. The van der Waals surface area contributed by atoms with Crippen LogP contribution < -0.4 is 0 Å². The third kappa shape index (κ3) is 2.55. The Kier molecular flexibility index (Phi) is 3.38. The van der Waals surface area contributed by atoms with E-state index in [2.05, 4.69) is 47.1 Å². The van der Waals surface area contributed by atoms with Crippen LogP contribution in [0.25, 0.3) is 55.8 Å². The molecule has 0 amide bonds. The van der Waals surface area contributed by atoms with Crippen LogP contribution in [-0.2, 0) is 7.05 Å². The minimum absolute atomic E-state index is 0.694. The van der Waals surface area contributed by atoms with Crippen LogP contribution in [0.1, 0.15) is 0 Å². The van der Waals surface area contributed by atoms with Gasteiger partial charge in [0.1, 0.15) is 11.2 Å². The molecule has 0 bridgehead atoms. The van der Waals surface area contributed by atoms with Crippen molar-refractivity contribution >= 4 is 33.3 Å². The summed E-state index contributed by atoms with van der Waals surface area (Å²) in [6.07, 6.45) is 9.16. The number of aryl methyl sites for hydroxylation is 1. The highest BCUT2D eigenvalue weighted by atomic mass is 32.1. The average Bonchev–Trinajstić information content (AvgIpc) is 3.51. The summed E-state index contributed by atoms with van der Waals surface area (Å²) < 4.78 is 1.76. The van der Waals surface area contributed by atoms with E-state index in [-0.39, 0.29) is 0 Å². The lowest BCUT2D eigenvalue weighted by Gasteiger charge is -1.98. The number of rotatable bonds is 3. The molecule has 0 aromatic carbocycles. The predicted octanol–water partition coefficient (Wildman–Crippen LogP) is 4.03. The minimum atomic E-state index is 0.694. The fourth-order valence-electron chi connectivity index (χ4n) is 3.48. The highest BCUT2D eigenvalue weighted by Gasteiger charge is 2.16. The number of nitrogens with zero attached hydrogens (tertiary/aromatic N) is 6. The van der Waals surface area contributed by atoms with Crippen molar-refractivity contribution in [2.75, 3.05) is 0 Å². The van der Waals surface area contributed by atoms with Gasteiger partial charge in [-0.3, -0.25) is 19.7 Å². The lowest BCUT2D eigenvalue weighted by Crippen LogP contribution is -1.85. The molecule has 0 atom stereocenters. The first-order chi connectivity index (χ1) is 14.3. The molecule has 9 heteroatoms. The van der Waals surface area contributed by atoms with Crippen molar-refractivity contribution < 1.29 is 0 Å². The number of imidazole rings is 1. The molecular weight excluding hydrogens is 384 g/mol. The summed E-state index contributed by atoms with van der Waals surface area (Å²) in [6.45, 7) is 0. The van der Waals surface area contributed by atoms with Crippen LogP contribution in [-0.4, -0.2) is 39.9 Å². The van der Waals surface area contributed by atoms with E-state index >= 15 is 0 Å². The van der Waals surface area contributed by atoms with E-state index in [1.165, 1.54) is 0 Å². The van der Waals surface area contributed by atoms with Crippen LogP contribution in [0, 0.1) is 0 Å². The molecule has 0 radical (unpaired) electrons. The van der Waals surface area contributed by atoms with Crippen LogP contribution >= 0.6 is 11.3 Å². The molecule has 0 aliphatic heterocycles. The molecule has 0 unspecified atom stereocenters. The summed E-state index contributed by atoms with van der Waals surface area (Å²) in [4.78, 5) is 17.1. The van der Waals surface area contributed by atoms with Crippen LogP contribution in [0.15, 0.2) is 53.9 Å². The normalized spacial score (nSPS) is 11.6. The molecule has 6 aromatic heterocycles. The van der Waals surface area contributed by atoms with E-state index < -0.39 is 0 Å². The fraction of sp³-hybridized carbons (Fsp3) is 0.0500. The second-order valence-corrected chi connectivity index (χ2v) is 7.55. The lowest BCUT2D eigenvalue weighted by molar-refractivity contribution is 0.768. The Morgan fingerprint density at radius 1 is 1.07 bits per heavy atom. The second-order valence-electron chi connectivity index (χ2n) is 6.77. The Bertz CT molecular complexity index is 1470. The molecule has 0 saturated heterocycles. The molecule has 0 fully saturated rings. The average molecular weight is 398 g/mol. The Labute approximate surface area is 168 Å². The summed E-state index contributed by atoms with van der Waals surface area (Å²) >= 11 is 1.65. The van der Waals surface area contributed by atoms with E-state index in [9.17, 15) is 0 Å². The van der Waals surface area contributed by atoms with Gasteiger partial charge in [0.05, 0.1) is 35.3 Å². The molecule has 2 N–H and O–H groups in total. The first kappa shape index (κ1) is 16.1. The molecular formula is C20H14N8S. The van der Waals surface area contributed by atoms with Gasteiger partial charge in [-0.15, -0.1) is 0 Å². The molecule has 0 saturated carbocycles. The number of aromatic amines is 2. The predicted molar refractivity (Wildman–Crippen MR) is 112 cm³/mol. The smallest absolute Gasteiger partial charge is 0.159 e. The van der Waals surface area contributed by atoms with Gasteiger partial charge in [-0.05, 0) is 28.5 Å². The van der Waals surface area contributed by atoms with Crippen LogP contribution in [0.2, 0.25) is 0 Å². The molecule has 6 heterocycles. The molecule has 140 valence electrons. The summed E-state index contributed by atoms with van der Waals surface area (Å²) in [5.41, 5.74) is 7.27. The minimum Gasteiger partial charge on any atom is -0.335 e. The summed E-state index contributed by atoms with van der Waals surface area (Å²) in [7, 11) is 1.89. The second kappa shape index (κ2) is 6.08. The van der Waals surface area contributed by atoms with Crippen molar-refractivity contribution in [3.63, 3.8) is 0 Å². The van der Waals surface area contributed by atoms with Crippen molar-refractivity contribution in [3.8, 4) is 33.9 Å². The number of aromatic nitrogens is 8. The van der Waals surface area contributed by atoms with E-state index in [4.69, 9.17) is 4.98 Å². The zero-order valence-electron chi connectivity index (χ0n) is 15.3. The topological polar surface area (TPSA) is 101 Å². The van der Waals surface area contributed by atoms with E-state index in [1.807, 2.05) is 25.5 Å². The molecule has 29 heavy (non-hydrogen) atoms. The Morgan fingerprint density at radius 3 is 2.86 bits per heavy atom. The fourth-order valence-corrected chi connectivity index (χ4v) is 4.14. The van der Waals surface area contributed by atoms with Gasteiger partial charge in [0.2, 0.25) is 0 Å². The summed E-state index contributed by atoms with van der Waals surface area (Å²) in [5, 5.41) is 16.9. The summed E-state index contributed by atoms with van der Waals surface area (Å²) in [6, 6.07) is 4.08. The maximum atomic E-state index is 4.86. The number of thiophene rings is 1. The highest BCUT2D eigenvalue weighted by Crippen LogP contribution is 2.32. The molecule has 6 rings (SSSR count). The van der Waals surface area contributed by atoms with Crippen molar-refractivity contribution in [1.82, 2.24) is 39.9 Å². The number of H-pyrrole nitrogens is 2. The Hall–Kier alpha value is -3.85. The van der Waals surface area contributed by atoms with Gasteiger partial charge < -0.3 is 4.98 Å². The quantitative estimate of drug-likeness (QED) is 0.469. The molecule has 0 aliphatic rings. The zero-order valence-corrected chi connectivity index (χ0v) is 16.1. The van der Waals surface area contributed by atoms with E-state index in [0.29, 0.717) is 5.82 Å². The van der Waals surface area contributed by atoms with Crippen molar-refractivity contribution in [2.45, 2.75) is 0 Å². The third-order valence-electron chi connectivity index (χ3n) is 4.90. The lowest BCUT2D eigenvalue weighted by atomic mass is 10.1. The van der Waals surface area contributed by atoms with Gasteiger partial charge in [-0.2, -0.15) is 21.5 Å². The van der Waals surface area contributed by atoms with Crippen LogP contribution in [0.3, 0.4) is 0 Å². The number of nitrogens with one attached hydrogen (secondary N) is 2. The number of fused-ring (bicyclic) bond motifs is 2.